The minimum absolute atomic E-state index is 0.0183. The van der Waals surface area contributed by atoms with Gasteiger partial charge in [-0.3, -0.25) is 10.3 Å². The number of amides is 1. The van der Waals surface area contributed by atoms with Gasteiger partial charge in [-0.15, -0.1) is 0 Å². The molecule has 0 aliphatic rings. The second-order valence-corrected chi connectivity index (χ2v) is 5.46. The normalized spacial score (nSPS) is 11.5. The second-order valence-electron chi connectivity index (χ2n) is 5.46. The molecule has 0 aliphatic carbocycles. The van der Waals surface area contributed by atoms with E-state index < -0.39 is 24.6 Å². The fraction of sp³-hybridized carbons (Fsp3) is 0.333. The molecule has 9 heteroatoms. The van der Waals surface area contributed by atoms with Crippen molar-refractivity contribution in [2.75, 3.05) is 5.32 Å². The predicted molar refractivity (Wildman–Crippen MR) is 76.5 cm³/mol. The number of carbonyl (C=O) groups excluding carboxylic acids is 1. The fourth-order valence-electron chi connectivity index (χ4n) is 1.77. The largest absolute Gasteiger partial charge is 0.492 e. The van der Waals surface area contributed by atoms with Crippen LogP contribution in [0, 0.1) is 0 Å². The van der Waals surface area contributed by atoms with E-state index in [1.807, 2.05) is 0 Å². The first-order valence-electron chi connectivity index (χ1n) is 6.18. The summed E-state index contributed by atoms with van der Waals surface area (Å²) in [6.07, 6.45) is -0.703. The molecule has 0 spiro atoms. The smallest absolute Gasteiger partial charge is 0.444 e. The van der Waals surface area contributed by atoms with Crippen LogP contribution in [0.1, 0.15) is 20.8 Å². The third kappa shape index (κ3) is 3.64. The highest BCUT2D eigenvalue weighted by molar-refractivity contribution is 6.61. The van der Waals surface area contributed by atoms with Gasteiger partial charge in [-0.05, 0) is 32.9 Å². The second kappa shape index (κ2) is 5.26. The number of oxazole rings is 1. The first kappa shape index (κ1) is 15.1. The van der Waals surface area contributed by atoms with Crippen molar-refractivity contribution in [2.24, 2.45) is 0 Å². The van der Waals surface area contributed by atoms with Crippen LogP contribution in [0.25, 0.3) is 11.1 Å². The van der Waals surface area contributed by atoms with Gasteiger partial charge in [0.25, 0.3) is 0 Å². The van der Waals surface area contributed by atoms with Gasteiger partial charge in [-0.1, -0.05) is 0 Å². The summed E-state index contributed by atoms with van der Waals surface area (Å²) in [4.78, 5) is 25.3. The Bertz CT molecular complexity index is 727. The standard InChI is InChI=1S/C12H15BN2O6/c1-12(2,3)21-11(17)14-6-4-7(13(18)19)9-8(5-6)15-10(16)20-9/h4-5,18-19H,1-3H3,(H,14,17)(H,15,16). The lowest BCUT2D eigenvalue weighted by atomic mass is 9.79. The van der Waals surface area contributed by atoms with Crippen molar-refractivity contribution >= 4 is 35.5 Å². The molecule has 8 nitrogen and oxygen atoms in total. The van der Waals surface area contributed by atoms with Gasteiger partial charge in [0.2, 0.25) is 0 Å². The Kier molecular flexibility index (Phi) is 3.79. The predicted octanol–water partition coefficient (Wildman–Crippen LogP) is 0.148. The summed E-state index contributed by atoms with van der Waals surface area (Å²) in [6, 6.07) is 2.71. The van der Waals surface area contributed by atoms with E-state index in [0.717, 1.165) is 0 Å². The van der Waals surface area contributed by atoms with E-state index in [1.165, 1.54) is 12.1 Å². The molecular formula is C12H15BN2O6. The van der Waals surface area contributed by atoms with Crippen LogP contribution in [0.15, 0.2) is 21.3 Å². The van der Waals surface area contributed by atoms with Crippen molar-refractivity contribution in [3.8, 4) is 0 Å². The van der Waals surface area contributed by atoms with Gasteiger partial charge in [0.1, 0.15) is 5.60 Å². The minimum atomic E-state index is -1.85. The van der Waals surface area contributed by atoms with Crippen LogP contribution in [0.4, 0.5) is 10.5 Å². The SMILES string of the molecule is CC(C)(C)OC(=O)Nc1cc(B(O)O)c2oc(=O)[nH]c2c1. The molecule has 0 unspecified atom stereocenters. The Morgan fingerprint density at radius 2 is 2.05 bits per heavy atom. The van der Waals surface area contributed by atoms with Gasteiger partial charge >= 0.3 is 19.0 Å². The van der Waals surface area contributed by atoms with Crippen LogP contribution in [-0.4, -0.2) is 33.8 Å². The molecule has 0 radical (unpaired) electrons. The Labute approximate surface area is 119 Å². The number of ether oxygens (including phenoxy) is 1. The van der Waals surface area contributed by atoms with Gasteiger partial charge in [-0.25, -0.2) is 9.59 Å². The number of hydrogen-bond donors (Lipinski definition) is 4. The molecule has 1 heterocycles. The molecule has 0 bridgehead atoms. The summed E-state index contributed by atoms with van der Waals surface area (Å²) in [5.41, 5.74) is -0.229. The number of rotatable bonds is 2. The van der Waals surface area contributed by atoms with E-state index in [2.05, 4.69) is 10.3 Å². The summed E-state index contributed by atoms with van der Waals surface area (Å²) in [5.74, 6) is -0.735. The summed E-state index contributed by atoms with van der Waals surface area (Å²) in [6.45, 7) is 5.14. The van der Waals surface area contributed by atoms with Crippen molar-refractivity contribution in [1.82, 2.24) is 4.98 Å². The minimum Gasteiger partial charge on any atom is -0.444 e. The number of aromatic nitrogens is 1. The number of H-pyrrole nitrogens is 1. The van der Waals surface area contributed by atoms with Crippen LogP contribution in [0.3, 0.4) is 0 Å². The third-order valence-corrected chi connectivity index (χ3v) is 2.47. The molecule has 1 aromatic heterocycles. The van der Waals surface area contributed by atoms with Crippen molar-refractivity contribution in [1.29, 1.82) is 0 Å². The molecule has 0 saturated heterocycles. The zero-order chi connectivity index (χ0) is 15.8. The molecular weight excluding hydrogens is 279 g/mol. The molecule has 0 saturated carbocycles. The van der Waals surface area contributed by atoms with Crippen LogP contribution in [-0.2, 0) is 4.74 Å². The maximum atomic E-state index is 11.7. The highest BCUT2D eigenvalue weighted by Crippen LogP contribution is 2.16. The van der Waals surface area contributed by atoms with Crippen molar-refractivity contribution in [3.63, 3.8) is 0 Å². The van der Waals surface area contributed by atoms with E-state index in [0.29, 0.717) is 0 Å². The lowest BCUT2D eigenvalue weighted by molar-refractivity contribution is 0.0636. The third-order valence-electron chi connectivity index (χ3n) is 2.47. The fourth-order valence-corrected chi connectivity index (χ4v) is 1.77. The van der Waals surface area contributed by atoms with Gasteiger partial charge in [0.05, 0.1) is 5.52 Å². The molecule has 4 N–H and O–H groups in total. The maximum absolute atomic E-state index is 11.7. The summed E-state index contributed by atoms with van der Waals surface area (Å²) in [7, 11) is -1.85. The number of fused-ring (bicyclic) bond motifs is 1. The summed E-state index contributed by atoms with van der Waals surface area (Å²) in [5, 5.41) is 21.1. The Hall–Kier alpha value is -2.26. The quantitative estimate of drug-likeness (QED) is 0.584. The zero-order valence-corrected chi connectivity index (χ0v) is 11.8. The number of aromatic amines is 1. The highest BCUT2D eigenvalue weighted by atomic mass is 16.6. The number of anilines is 1. The molecule has 0 atom stereocenters. The molecule has 2 aromatic rings. The molecule has 0 fully saturated rings. The summed E-state index contributed by atoms with van der Waals surface area (Å²) < 4.78 is 9.91. The Morgan fingerprint density at radius 1 is 1.38 bits per heavy atom. The van der Waals surface area contributed by atoms with E-state index in [1.54, 1.807) is 20.8 Å². The Morgan fingerprint density at radius 3 is 2.62 bits per heavy atom. The molecule has 112 valence electrons. The zero-order valence-electron chi connectivity index (χ0n) is 11.8. The topological polar surface area (TPSA) is 125 Å². The number of nitrogens with one attached hydrogen (secondary N) is 2. The van der Waals surface area contributed by atoms with Crippen LogP contribution < -0.4 is 16.5 Å². The molecule has 1 amide bonds. The lowest BCUT2D eigenvalue weighted by Crippen LogP contribution is -2.31. The van der Waals surface area contributed by atoms with Crippen LogP contribution in [0.2, 0.25) is 0 Å². The van der Waals surface area contributed by atoms with E-state index in [4.69, 9.17) is 9.15 Å². The molecule has 1 aromatic carbocycles. The first-order chi connectivity index (χ1) is 9.65. The average molecular weight is 294 g/mol. The van der Waals surface area contributed by atoms with E-state index in [9.17, 15) is 19.6 Å². The number of hydrogen-bond acceptors (Lipinski definition) is 6. The van der Waals surface area contributed by atoms with Crippen molar-refractivity contribution in [3.05, 3.63) is 22.7 Å². The van der Waals surface area contributed by atoms with Crippen molar-refractivity contribution < 1.29 is 24.0 Å². The van der Waals surface area contributed by atoms with Crippen molar-refractivity contribution in [2.45, 2.75) is 26.4 Å². The average Bonchev–Trinajstić information content (AvgIpc) is 2.64. The first-order valence-corrected chi connectivity index (χ1v) is 6.18. The number of benzene rings is 1. The van der Waals surface area contributed by atoms with Gasteiger partial charge in [0, 0.05) is 11.2 Å². The molecule has 2 rings (SSSR count). The van der Waals surface area contributed by atoms with Gasteiger partial charge in [-0.2, -0.15) is 0 Å². The molecule has 21 heavy (non-hydrogen) atoms. The van der Waals surface area contributed by atoms with Gasteiger partial charge < -0.3 is 19.2 Å². The lowest BCUT2D eigenvalue weighted by Gasteiger charge is -2.19. The van der Waals surface area contributed by atoms with E-state index >= 15 is 0 Å². The van der Waals surface area contributed by atoms with Crippen LogP contribution >= 0.6 is 0 Å². The number of carbonyl (C=O) groups is 1. The Balaban J connectivity index is 2.37. The highest BCUT2D eigenvalue weighted by Gasteiger charge is 2.21. The summed E-state index contributed by atoms with van der Waals surface area (Å²) >= 11 is 0. The van der Waals surface area contributed by atoms with E-state index in [-0.39, 0.29) is 22.2 Å². The van der Waals surface area contributed by atoms with Gasteiger partial charge in [0.15, 0.2) is 5.58 Å². The molecule has 0 aliphatic heterocycles. The van der Waals surface area contributed by atoms with Crippen LogP contribution in [0.5, 0.6) is 0 Å². The monoisotopic (exact) mass is 294 g/mol. The maximum Gasteiger partial charge on any atom is 0.492 e.